The third-order valence-electron chi connectivity index (χ3n) is 3.72. The van der Waals surface area contributed by atoms with Gasteiger partial charge in [-0.3, -0.25) is 4.79 Å². The molecule has 0 atom stereocenters. The van der Waals surface area contributed by atoms with Crippen molar-refractivity contribution >= 4 is 40.9 Å². The summed E-state index contributed by atoms with van der Waals surface area (Å²) >= 11 is 13.7. The van der Waals surface area contributed by atoms with Crippen LogP contribution < -0.4 is 5.32 Å². The molecule has 140 valence electrons. The van der Waals surface area contributed by atoms with Gasteiger partial charge in [0, 0.05) is 21.4 Å². The molecule has 8 heteroatoms. The van der Waals surface area contributed by atoms with Gasteiger partial charge in [-0.2, -0.15) is 4.98 Å². The lowest BCUT2D eigenvalue weighted by Crippen LogP contribution is -2.24. The second kappa shape index (κ2) is 9.26. The molecule has 0 spiro atoms. The lowest BCUT2D eigenvalue weighted by molar-refractivity contribution is -0.118. The van der Waals surface area contributed by atoms with E-state index in [1.165, 1.54) is 11.8 Å². The van der Waals surface area contributed by atoms with Crippen LogP contribution in [0.4, 0.5) is 0 Å². The van der Waals surface area contributed by atoms with Crippen molar-refractivity contribution in [1.82, 2.24) is 15.5 Å². The average Bonchev–Trinajstić information content (AvgIpc) is 3.11. The fourth-order valence-electron chi connectivity index (χ4n) is 2.37. The van der Waals surface area contributed by atoms with Crippen molar-refractivity contribution in [2.24, 2.45) is 0 Å². The molecule has 0 aliphatic carbocycles. The molecule has 1 N–H and O–H groups in total. The van der Waals surface area contributed by atoms with Crippen LogP contribution in [0.2, 0.25) is 10.0 Å². The molecule has 0 unspecified atom stereocenters. The number of aromatic nitrogens is 2. The highest BCUT2D eigenvalue weighted by atomic mass is 35.5. The number of halogens is 2. The van der Waals surface area contributed by atoms with Gasteiger partial charge in [-0.05, 0) is 30.7 Å². The largest absolute Gasteiger partial charge is 0.346 e. The zero-order valence-corrected chi connectivity index (χ0v) is 16.9. The second-order valence-corrected chi connectivity index (χ2v) is 7.65. The summed E-state index contributed by atoms with van der Waals surface area (Å²) in [7, 11) is 0. The third-order valence-corrected chi connectivity index (χ3v) is 5.39. The maximum absolute atomic E-state index is 12.0. The van der Waals surface area contributed by atoms with E-state index in [0.29, 0.717) is 27.5 Å². The Morgan fingerprint density at radius 2 is 1.93 bits per heavy atom. The van der Waals surface area contributed by atoms with E-state index in [1.807, 2.05) is 31.2 Å². The number of carbonyl (C=O) groups excluding carboxylic acids is 1. The minimum atomic E-state index is -0.126. The van der Waals surface area contributed by atoms with Gasteiger partial charge in [0.05, 0.1) is 12.3 Å². The fraction of sp³-hybridized carbons (Fsp3) is 0.211. The molecule has 3 aromatic rings. The molecule has 0 fully saturated rings. The number of amides is 1. The van der Waals surface area contributed by atoms with Crippen molar-refractivity contribution in [3.05, 3.63) is 69.5 Å². The van der Waals surface area contributed by atoms with E-state index in [0.717, 1.165) is 16.7 Å². The summed E-state index contributed by atoms with van der Waals surface area (Å²) in [5.74, 6) is 1.58. The number of hydrogen-bond donors (Lipinski definition) is 1. The molecule has 0 saturated heterocycles. The molecule has 5 nitrogen and oxygen atoms in total. The lowest BCUT2D eigenvalue weighted by atomic mass is 10.1. The summed E-state index contributed by atoms with van der Waals surface area (Å²) in [4.78, 5) is 16.3. The van der Waals surface area contributed by atoms with Gasteiger partial charge in [0.2, 0.25) is 17.6 Å². The van der Waals surface area contributed by atoms with Crippen LogP contribution in [0.3, 0.4) is 0 Å². The summed E-state index contributed by atoms with van der Waals surface area (Å²) in [6.07, 6.45) is 0. The molecular formula is C19H17Cl2N3O2S. The zero-order chi connectivity index (χ0) is 19.2. The normalized spacial score (nSPS) is 10.8. The number of nitrogens with zero attached hydrogens (tertiary/aromatic N) is 2. The van der Waals surface area contributed by atoms with Gasteiger partial charge in [-0.1, -0.05) is 58.2 Å². The number of aryl methyl sites for hydroxylation is 1. The van der Waals surface area contributed by atoms with Gasteiger partial charge >= 0.3 is 0 Å². The van der Waals surface area contributed by atoms with Crippen molar-refractivity contribution in [2.45, 2.75) is 19.2 Å². The first-order valence-corrected chi connectivity index (χ1v) is 10.1. The molecule has 1 heterocycles. The van der Waals surface area contributed by atoms with E-state index >= 15 is 0 Å². The van der Waals surface area contributed by atoms with Crippen molar-refractivity contribution < 1.29 is 9.32 Å². The van der Waals surface area contributed by atoms with Crippen LogP contribution in [-0.2, 0) is 17.1 Å². The van der Waals surface area contributed by atoms with Gasteiger partial charge in [0.1, 0.15) is 0 Å². The van der Waals surface area contributed by atoms with E-state index in [-0.39, 0.29) is 18.2 Å². The van der Waals surface area contributed by atoms with Crippen LogP contribution in [0.5, 0.6) is 0 Å². The minimum absolute atomic E-state index is 0.126. The topological polar surface area (TPSA) is 68.0 Å². The van der Waals surface area contributed by atoms with Gasteiger partial charge in [-0.15, -0.1) is 11.8 Å². The quantitative estimate of drug-likeness (QED) is 0.587. The molecule has 0 radical (unpaired) electrons. The van der Waals surface area contributed by atoms with Crippen molar-refractivity contribution in [2.75, 3.05) is 5.75 Å². The standard InChI is InChI=1S/C19H17Cl2N3O2S/c1-12-4-2-5-13(8-12)19-23-18(26-24-19)9-22-17(25)11-27-10-14-15(20)6-3-7-16(14)21/h2-8H,9-11H2,1H3,(H,22,25). The van der Waals surface area contributed by atoms with Crippen LogP contribution in [-0.4, -0.2) is 21.8 Å². The number of carbonyl (C=O) groups is 1. The van der Waals surface area contributed by atoms with Gasteiger partial charge in [0.15, 0.2) is 0 Å². The molecule has 0 aliphatic heterocycles. The first-order valence-electron chi connectivity index (χ1n) is 8.20. The Morgan fingerprint density at radius 1 is 1.19 bits per heavy atom. The lowest BCUT2D eigenvalue weighted by Gasteiger charge is -2.06. The highest BCUT2D eigenvalue weighted by Crippen LogP contribution is 2.28. The smallest absolute Gasteiger partial charge is 0.246 e. The van der Waals surface area contributed by atoms with E-state index in [9.17, 15) is 4.79 Å². The Bertz CT molecular complexity index is 926. The Balaban J connectivity index is 1.47. The van der Waals surface area contributed by atoms with Crippen molar-refractivity contribution in [1.29, 1.82) is 0 Å². The fourth-order valence-corrected chi connectivity index (χ4v) is 3.96. The monoisotopic (exact) mass is 421 g/mol. The molecule has 1 aromatic heterocycles. The number of hydrogen-bond acceptors (Lipinski definition) is 5. The summed E-state index contributed by atoms with van der Waals surface area (Å²) in [6.45, 7) is 2.18. The van der Waals surface area contributed by atoms with Crippen LogP contribution in [0.15, 0.2) is 47.0 Å². The maximum atomic E-state index is 12.0. The molecule has 3 rings (SSSR count). The van der Waals surface area contributed by atoms with Crippen molar-refractivity contribution in [3.8, 4) is 11.4 Å². The van der Waals surface area contributed by atoms with Crippen LogP contribution in [0.25, 0.3) is 11.4 Å². The second-order valence-electron chi connectivity index (χ2n) is 5.85. The summed E-state index contributed by atoms with van der Waals surface area (Å²) in [5.41, 5.74) is 2.82. The zero-order valence-electron chi connectivity index (χ0n) is 14.5. The minimum Gasteiger partial charge on any atom is -0.346 e. The molecule has 1 amide bonds. The number of rotatable bonds is 7. The van der Waals surface area contributed by atoms with Crippen molar-refractivity contribution in [3.63, 3.8) is 0 Å². The maximum Gasteiger partial charge on any atom is 0.246 e. The Hall–Kier alpha value is -2.02. The first kappa shape index (κ1) is 19.7. The SMILES string of the molecule is Cc1cccc(-c2noc(CNC(=O)CSCc3c(Cl)cccc3Cl)n2)c1. The molecule has 27 heavy (non-hydrogen) atoms. The van der Waals surface area contributed by atoms with Crippen LogP contribution in [0, 0.1) is 6.92 Å². The van der Waals surface area contributed by atoms with E-state index in [1.54, 1.807) is 18.2 Å². The molecule has 0 aliphatic rings. The summed E-state index contributed by atoms with van der Waals surface area (Å²) < 4.78 is 5.20. The molecular weight excluding hydrogens is 405 g/mol. The Morgan fingerprint density at radius 3 is 2.67 bits per heavy atom. The Kier molecular flexibility index (Phi) is 6.77. The third kappa shape index (κ3) is 5.48. The predicted octanol–water partition coefficient (Wildman–Crippen LogP) is 4.90. The number of nitrogens with one attached hydrogen (secondary N) is 1. The Labute approximate surface area is 171 Å². The first-order chi connectivity index (χ1) is 13.0. The molecule has 0 bridgehead atoms. The highest BCUT2D eigenvalue weighted by Gasteiger charge is 2.11. The number of thioether (sulfide) groups is 1. The van der Waals surface area contributed by atoms with E-state index in [4.69, 9.17) is 27.7 Å². The molecule has 2 aromatic carbocycles. The highest BCUT2D eigenvalue weighted by molar-refractivity contribution is 7.99. The predicted molar refractivity (Wildman–Crippen MR) is 109 cm³/mol. The average molecular weight is 422 g/mol. The number of benzene rings is 2. The van der Waals surface area contributed by atoms with Gasteiger partial charge in [-0.25, -0.2) is 0 Å². The summed E-state index contributed by atoms with van der Waals surface area (Å²) in [6, 6.07) is 13.2. The van der Waals surface area contributed by atoms with Crippen LogP contribution >= 0.6 is 35.0 Å². The summed E-state index contributed by atoms with van der Waals surface area (Å²) in [5, 5.41) is 7.93. The van der Waals surface area contributed by atoms with E-state index in [2.05, 4.69) is 15.5 Å². The van der Waals surface area contributed by atoms with Crippen LogP contribution in [0.1, 0.15) is 17.0 Å². The van der Waals surface area contributed by atoms with E-state index < -0.39 is 0 Å². The molecule has 0 saturated carbocycles. The van der Waals surface area contributed by atoms with Gasteiger partial charge < -0.3 is 9.84 Å². The van der Waals surface area contributed by atoms with Gasteiger partial charge in [0.25, 0.3) is 0 Å².